The van der Waals surface area contributed by atoms with Gasteiger partial charge in [0.2, 0.25) is 0 Å². The molecule has 2 heterocycles. The summed E-state index contributed by atoms with van der Waals surface area (Å²) in [5, 5.41) is 3.23. The van der Waals surface area contributed by atoms with Crippen LogP contribution in [0.5, 0.6) is 11.5 Å². The van der Waals surface area contributed by atoms with Gasteiger partial charge in [0.1, 0.15) is 11.9 Å². The number of ether oxygens (including phenoxy) is 3. The van der Waals surface area contributed by atoms with Gasteiger partial charge in [0.05, 0.1) is 13.2 Å². The van der Waals surface area contributed by atoms with Crippen molar-refractivity contribution < 1.29 is 23.0 Å². The van der Waals surface area contributed by atoms with Crippen LogP contribution < -0.4 is 14.8 Å². The molecule has 1 fully saturated rings. The van der Waals surface area contributed by atoms with Gasteiger partial charge in [-0.1, -0.05) is 24.3 Å². The van der Waals surface area contributed by atoms with Crippen molar-refractivity contribution in [3.8, 4) is 11.5 Å². The fraction of sp³-hybridized carbons (Fsp3) is 0.368. The Morgan fingerprint density at radius 1 is 1.08 bits per heavy atom. The maximum Gasteiger partial charge on any atom is 0.191 e. The highest BCUT2D eigenvalue weighted by molar-refractivity contribution is 5.46. The first-order chi connectivity index (χ1) is 12.2. The monoisotopic (exact) mass is 347 g/mol. The lowest BCUT2D eigenvalue weighted by Crippen LogP contribution is -2.43. The highest BCUT2D eigenvalue weighted by Crippen LogP contribution is 2.39. The fourth-order valence-electron chi connectivity index (χ4n) is 3.31. The average molecular weight is 347 g/mol. The predicted octanol–water partition coefficient (Wildman–Crippen LogP) is 3.01. The third kappa shape index (κ3) is 3.19. The van der Waals surface area contributed by atoms with Crippen molar-refractivity contribution in [3.05, 3.63) is 59.2 Å². The van der Waals surface area contributed by atoms with E-state index < -0.39 is 23.5 Å². The topological polar surface area (TPSA) is 39.7 Å². The number of halogens is 2. The predicted molar refractivity (Wildman–Crippen MR) is 88.0 cm³/mol. The molecule has 0 aliphatic carbocycles. The summed E-state index contributed by atoms with van der Waals surface area (Å²) in [4.78, 5) is 0. The SMILES string of the molecule is Fc1cccc(F)c1O[C@@H](c1cccc2c1OCC2)[C@@H]1CNCCO1. The van der Waals surface area contributed by atoms with Crippen molar-refractivity contribution in [2.24, 2.45) is 0 Å². The summed E-state index contributed by atoms with van der Waals surface area (Å²) >= 11 is 0. The molecule has 0 saturated carbocycles. The molecule has 1 saturated heterocycles. The molecule has 132 valence electrons. The van der Waals surface area contributed by atoms with E-state index in [4.69, 9.17) is 14.2 Å². The number of nitrogens with one attached hydrogen (secondary N) is 1. The quantitative estimate of drug-likeness (QED) is 0.923. The first kappa shape index (κ1) is 16.3. The molecule has 6 heteroatoms. The van der Waals surface area contributed by atoms with E-state index in [9.17, 15) is 8.78 Å². The standard InChI is InChI=1S/C19H19F2NO3/c20-14-5-2-6-15(21)19(14)25-18(16-11-22-8-10-23-16)13-4-1-3-12-7-9-24-17(12)13/h1-6,16,18,22H,7-11H2/t16-,18-/m0/s1. The van der Waals surface area contributed by atoms with Gasteiger partial charge in [-0.05, 0) is 17.7 Å². The smallest absolute Gasteiger partial charge is 0.191 e. The molecule has 0 spiro atoms. The zero-order chi connectivity index (χ0) is 17.2. The van der Waals surface area contributed by atoms with E-state index in [0.29, 0.717) is 19.8 Å². The van der Waals surface area contributed by atoms with Crippen molar-refractivity contribution in [2.45, 2.75) is 18.6 Å². The largest absolute Gasteiger partial charge is 0.493 e. The van der Waals surface area contributed by atoms with Gasteiger partial charge in [-0.2, -0.15) is 0 Å². The van der Waals surface area contributed by atoms with Crippen molar-refractivity contribution >= 4 is 0 Å². The van der Waals surface area contributed by atoms with E-state index in [0.717, 1.165) is 29.8 Å². The van der Waals surface area contributed by atoms with Crippen LogP contribution in [0.2, 0.25) is 0 Å². The maximum atomic E-state index is 14.1. The summed E-state index contributed by atoms with van der Waals surface area (Å²) < 4.78 is 45.6. The highest BCUT2D eigenvalue weighted by atomic mass is 19.1. The van der Waals surface area contributed by atoms with Gasteiger partial charge in [0.25, 0.3) is 0 Å². The summed E-state index contributed by atoms with van der Waals surface area (Å²) in [6, 6.07) is 9.45. The molecule has 25 heavy (non-hydrogen) atoms. The molecule has 2 aliphatic rings. The van der Waals surface area contributed by atoms with Crippen LogP contribution in [0.15, 0.2) is 36.4 Å². The zero-order valence-corrected chi connectivity index (χ0v) is 13.6. The van der Waals surface area contributed by atoms with Crippen molar-refractivity contribution in [2.75, 3.05) is 26.3 Å². The number of hydrogen-bond donors (Lipinski definition) is 1. The Kier molecular flexibility index (Phi) is 4.55. The van der Waals surface area contributed by atoms with Crippen LogP contribution in [0.4, 0.5) is 8.78 Å². The minimum Gasteiger partial charge on any atom is -0.493 e. The third-order valence-electron chi connectivity index (χ3n) is 4.51. The van der Waals surface area contributed by atoms with E-state index in [-0.39, 0.29) is 6.10 Å². The number of benzene rings is 2. The minimum atomic E-state index is -0.734. The molecule has 4 nitrogen and oxygen atoms in total. The van der Waals surface area contributed by atoms with Gasteiger partial charge in [-0.25, -0.2) is 8.78 Å². The number of hydrogen-bond acceptors (Lipinski definition) is 4. The number of fused-ring (bicyclic) bond motifs is 1. The molecule has 2 atom stereocenters. The zero-order valence-electron chi connectivity index (χ0n) is 13.6. The van der Waals surface area contributed by atoms with Crippen molar-refractivity contribution in [1.29, 1.82) is 0 Å². The van der Waals surface area contributed by atoms with Crippen LogP contribution in [-0.2, 0) is 11.2 Å². The molecule has 0 aromatic heterocycles. The summed E-state index contributed by atoms with van der Waals surface area (Å²) in [6.07, 6.45) is -0.232. The molecule has 0 bridgehead atoms. The van der Waals surface area contributed by atoms with Crippen molar-refractivity contribution in [3.63, 3.8) is 0 Å². The third-order valence-corrected chi connectivity index (χ3v) is 4.51. The van der Waals surface area contributed by atoms with Crippen molar-refractivity contribution in [1.82, 2.24) is 5.32 Å². The Morgan fingerprint density at radius 2 is 1.88 bits per heavy atom. The fourth-order valence-corrected chi connectivity index (χ4v) is 3.31. The molecule has 0 radical (unpaired) electrons. The van der Waals surface area contributed by atoms with E-state index >= 15 is 0 Å². The molecule has 0 unspecified atom stereocenters. The average Bonchev–Trinajstić information content (AvgIpc) is 3.11. The van der Waals surface area contributed by atoms with Gasteiger partial charge in [-0.3, -0.25) is 0 Å². The van der Waals surface area contributed by atoms with E-state index in [2.05, 4.69) is 5.32 Å². The van der Waals surface area contributed by atoms with Gasteiger partial charge >= 0.3 is 0 Å². The van der Waals surface area contributed by atoms with Gasteiger partial charge in [-0.15, -0.1) is 0 Å². The number of morpholine rings is 1. The molecular formula is C19H19F2NO3. The second kappa shape index (κ2) is 6.98. The van der Waals surface area contributed by atoms with E-state index in [1.807, 2.05) is 18.2 Å². The lowest BCUT2D eigenvalue weighted by Gasteiger charge is -2.32. The minimum absolute atomic E-state index is 0.372. The van der Waals surface area contributed by atoms with Gasteiger partial charge < -0.3 is 19.5 Å². The molecule has 4 rings (SSSR count). The molecule has 2 aliphatic heterocycles. The van der Waals surface area contributed by atoms with Crippen LogP contribution in [-0.4, -0.2) is 32.4 Å². The van der Waals surface area contributed by atoms with Crippen LogP contribution in [0.25, 0.3) is 0 Å². The second-order valence-electron chi connectivity index (χ2n) is 6.14. The van der Waals surface area contributed by atoms with Crippen LogP contribution >= 0.6 is 0 Å². The summed E-state index contributed by atoms with van der Waals surface area (Å²) in [6.45, 7) is 2.38. The number of para-hydroxylation sites is 2. The summed E-state index contributed by atoms with van der Waals surface area (Å²) in [5.41, 5.74) is 1.83. The Hall–Kier alpha value is -2.18. The Bertz CT molecular complexity index is 742. The normalized spacial score (nSPS) is 20.6. The molecular weight excluding hydrogens is 328 g/mol. The first-order valence-corrected chi connectivity index (χ1v) is 8.41. The molecule has 0 amide bonds. The Balaban J connectivity index is 1.73. The lowest BCUT2D eigenvalue weighted by atomic mass is 9.99. The first-order valence-electron chi connectivity index (χ1n) is 8.41. The van der Waals surface area contributed by atoms with E-state index in [1.54, 1.807) is 0 Å². The van der Waals surface area contributed by atoms with Gasteiger partial charge in [0, 0.05) is 25.1 Å². The second-order valence-corrected chi connectivity index (χ2v) is 6.14. The lowest BCUT2D eigenvalue weighted by molar-refractivity contribution is -0.0459. The van der Waals surface area contributed by atoms with E-state index in [1.165, 1.54) is 18.2 Å². The van der Waals surface area contributed by atoms with Crippen LogP contribution in [0.1, 0.15) is 17.2 Å². The summed E-state index contributed by atoms with van der Waals surface area (Å²) in [7, 11) is 0. The molecule has 2 aromatic carbocycles. The molecule has 1 N–H and O–H groups in total. The molecule has 2 aromatic rings. The Morgan fingerprint density at radius 3 is 2.64 bits per heavy atom. The van der Waals surface area contributed by atoms with Crippen LogP contribution in [0.3, 0.4) is 0 Å². The van der Waals surface area contributed by atoms with Crippen LogP contribution in [0, 0.1) is 11.6 Å². The van der Waals surface area contributed by atoms with Gasteiger partial charge in [0.15, 0.2) is 23.5 Å². The highest BCUT2D eigenvalue weighted by Gasteiger charge is 2.33. The number of rotatable bonds is 4. The summed E-state index contributed by atoms with van der Waals surface area (Å²) in [5.74, 6) is -1.12. The maximum absolute atomic E-state index is 14.1. The Labute approximate surface area is 144 Å².